The van der Waals surface area contributed by atoms with Gasteiger partial charge in [-0.05, 0) is 33.0 Å². The lowest BCUT2D eigenvalue weighted by molar-refractivity contribution is -0.148. The van der Waals surface area contributed by atoms with Crippen LogP contribution in [0.3, 0.4) is 0 Å². The number of anilines is 1. The molecule has 0 unspecified atom stereocenters. The Kier molecular flexibility index (Phi) is 6.95. The van der Waals surface area contributed by atoms with Gasteiger partial charge in [0.15, 0.2) is 0 Å². The number of carbonyl (C=O) groups is 2. The van der Waals surface area contributed by atoms with Gasteiger partial charge in [0.25, 0.3) is 0 Å². The van der Waals surface area contributed by atoms with Gasteiger partial charge in [-0.1, -0.05) is 29.3 Å². The second-order valence-corrected chi connectivity index (χ2v) is 5.30. The lowest BCUT2D eigenvalue weighted by Crippen LogP contribution is -2.41. The molecule has 0 saturated heterocycles. The van der Waals surface area contributed by atoms with Crippen LogP contribution in [0.25, 0.3) is 0 Å². The summed E-state index contributed by atoms with van der Waals surface area (Å²) in [5.74, 6) is -0.688. The summed E-state index contributed by atoms with van der Waals surface area (Å²) in [5, 5.41) is 3.36. The molecule has 0 bridgehead atoms. The van der Waals surface area contributed by atoms with Crippen molar-refractivity contribution in [2.45, 2.75) is 19.9 Å². The van der Waals surface area contributed by atoms with Crippen molar-refractivity contribution < 1.29 is 14.3 Å². The Bertz CT molecular complexity index is 503. The van der Waals surface area contributed by atoms with Crippen molar-refractivity contribution in [1.29, 1.82) is 0 Å². The average molecular weight is 333 g/mol. The van der Waals surface area contributed by atoms with Crippen molar-refractivity contribution in [1.82, 2.24) is 4.90 Å². The number of amides is 1. The summed E-state index contributed by atoms with van der Waals surface area (Å²) >= 11 is 12.0. The van der Waals surface area contributed by atoms with Crippen LogP contribution >= 0.6 is 23.2 Å². The second kappa shape index (κ2) is 8.22. The van der Waals surface area contributed by atoms with Gasteiger partial charge < -0.3 is 10.1 Å². The van der Waals surface area contributed by atoms with Gasteiger partial charge in [0.05, 0.1) is 28.9 Å². The molecule has 116 valence electrons. The monoisotopic (exact) mass is 332 g/mol. The van der Waals surface area contributed by atoms with E-state index in [9.17, 15) is 9.59 Å². The average Bonchev–Trinajstić information content (AvgIpc) is 2.42. The van der Waals surface area contributed by atoms with E-state index in [4.69, 9.17) is 27.9 Å². The molecule has 0 aromatic heterocycles. The standard InChI is InChI=1S/C14H18Cl2N2O3/c1-4-21-14(20)9(2)18(3)8-12(19)17-13-10(15)6-5-7-11(13)16/h5-7,9H,4,8H2,1-3H3,(H,17,19)/t9-/m1/s1. The van der Waals surface area contributed by atoms with Crippen LogP contribution in [0.15, 0.2) is 18.2 Å². The molecule has 0 saturated carbocycles. The Morgan fingerprint density at radius 2 is 1.90 bits per heavy atom. The summed E-state index contributed by atoms with van der Waals surface area (Å²) < 4.78 is 4.91. The molecule has 5 nitrogen and oxygen atoms in total. The zero-order chi connectivity index (χ0) is 16.0. The van der Waals surface area contributed by atoms with Gasteiger partial charge in [-0.2, -0.15) is 0 Å². The number of para-hydroxylation sites is 1. The van der Waals surface area contributed by atoms with Gasteiger partial charge in [-0.15, -0.1) is 0 Å². The zero-order valence-electron chi connectivity index (χ0n) is 12.2. The summed E-state index contributed by atoms with van der Waals surface area (Å²) in [6, 6.07) is 4.44. The van der Waals surface area contributed by atoms with Gasteiger partial charge in [0.2, 0.25) is 5.91 Å². The van der Waals surface area contributed by atoms with Crippen LogP contribution in [0, 0.1) is 0 Å². The van der Waals surface area contributed by atoms with E-state index in [0.717, 1.165) is 0 Å². The number of benzene rings is 1. The number of ether oxygens (including phenoxy) is 1. The van der Waals surface area contributed by atoms with Crippen LogP contribution in [0.4, 0.5) is 5.69 Å². The summed E-state index contributed by atoms with van der Waals surface area (Å²) in [5.41, 5.74) is 0.364. The number of likely N-dealkylation sites (N-methyl/N-ethyl adjacent to an activating group) is 1. The Morgan fingerprint density at radius 3 is 2.43 bits per heavy atom. The fraction of sp³-hybridized carbons (Fsp3) is 0.429. The zero-order valence-corrected chi connectivity index (χ0v) is 13.7. The number of esters is 1. The SMILES string of the molecule is CCOC(=O)[C@@H](C)N(C)CC(=O)Nc1c(Cl)cccc1Cl. The molecular formula is C14H18Cl2N2O3. The minimum absolute atomic E-state index is 0.0154. The molecule has 0 aliphatic rings. The Hall–Kier alpha value is -1.30. The first-order chi connectivity index (χ1) is 9.86. The minimum atomic E-state index is -0.516. The number of hydrogen-bond donors (Lipinski definition) is 1. The summed E-state index contributed by atoms with van der Waals surface area (Å²) in [7, 11) is 1.66. The smallest absolute Gasteiger partial charge is 0.323 e. The van der Waals surface area contributed by atoms with Crippen LogP contribution < -0.4 is 5.32 Å². The highest BCUT2D eigenvalue weighted by Crippen LogP contribution is 2.29. The number of carbonyl (C=O) groups excluding carboxylic acids is 2. The molecule has 0 radical (unpaired) electrons. The molecule has 21 heavy (non-hydrogen) atoms. The molecule has 0 aliphatic heterocycles. The molecule has 0 heterocycles. The van der Waals surface area contributed by atoms with Crippen LogP contribution in [-0.4, -0.2) is 43.0 Å². The van der Waals surface area contributed by atoms with Gasteiger partial charge in [-0.3, -0.25) is 14.5 Å². The van der Waals surface area contributed by atoms with Crippen LogP contribution in [0.1, 0.15) is 13.8 Å². The second-order valence-electron chi connectivity index (χ2n) is 4.49. The maximum Gasteiger partial charge on any atom is 0.323 e. The maximum absolute atomic E-state index is 12.0. The van der Waals surface area contributed by atoms with Crippen molar-refractivity contribution >= 4 is 40.8 Å². The van der Waals surface area contributed by atoms with Gasteiger partial charge in [-0.25, -0.2) is 0 Å². The number of rotatable bonds is 6. The largest absolute Gasteiger partial charge is 0.465 e. The molecule has 0 spiro atoms. The predicted octanol–water partition coefficient (Wildman–Crippen LogP) is 2.82. The summed E-state index contributed by atoms with van der Waals surface area (Å²) in [6.07, 6.45) is 0. The van der Waals surface area contributed by atoms with Crippen molar-refractivity contribution in [3.8, 4) is 0 Å². The van der Waals surface area contributed by atoms with E-state index in [-0.39, 0.29) is 18.4 Å². The van der Waals surface area contributed by atoms with Crippen LogP contribution in [0.2, 0.25) is 10.0 Å². The molecule has 0 aliphatic carbocycles. The molecule has 1 aromatic carbocycles. The molecular weight excluding hydrogens is 315 g/mol. The van der Waals surface area contributed by atoms with E-state index < -0.39 is 6.04 Å². The molecule has 7 heteroatoms. The van der Waals surface area contributed by atoms with Gasteiger partial charge in [0, 0.05) is 0 Å². The van der Waals surface area contributed by atoms with E-state index in [1.165, 1.54) is 0 Å². The van der Waals surface area contributed by atoms with E-state index >= 15 is 0 Å². The highest BCUT2D eigenvalue weighted by Gasteiger charge is 2.21. The molecule has 1 N–H and O–H groups in total. The number of hydrogen-bond acceptors (Lipinski definition) is 4. The third kappa shape index (κ3) is 5.19. The first-order valence-corrected chi connectivity index (χ1v) is 7.23. The topological polar surface area (TPSA) is 58.6 Å². The van der Waals surface area contributed by atoms with Crippen LogP contribution in [0.5, 0.6) is 0 Å². The highest BCUT2D eigenvalue weighted by atomic mass is 35.5. The first-order valence-electron chi connectivity index (χ1n) is 6.47. The number of halogens is 2. The number of nitrogens with one attached hydrogen (secondary N) is 1. The van der Waals surface area contributed by atoms with Gasteiger partial charge in [0.1, 0.15) is 6.04 Å². The highest BCUT2D eigenvalue weighted by molar-refractivity contribution is 6.39. The maximum atomic E-state index is 12.0. The Morgan fingerprint density at radius 1 is 1.33 bits per heavy atom. The van der Waals surface area contributed by atoms with Crippen molar-refractivity contribution in [3.63, 3.8) is 0 Å². The molecule has 1 amide bonds. The van der Waals surface area contributed by atoms with E-state index in [0.29, 0.717) is 22.3 Å². The molecule has 0 fully saturated rings. The lowest BCUT2D eigenvalue weighted by Gasteiger charge is -2.22. The van der Waals surface area contributed by atoms with Gasteiger partial charge >= 0.3 is 5.97 Å². The third-order valence-electron chi connectivity index (χ3n) is 2.91. The Balaban J connectivity index is 2.63. The van der Waals surface area contributed by atoms with E-state index in [1.807, 2.05) is 0 Å². The predicted molar refractivity (Wildman–Crippen MR) is 83.8 cm³/mol. The van der Waals surface area contributed by atoms with Crippen LogP contribution in [-0.2, 0) is 14.3 Å². The summed E-state index contributed by atoms with van der Waals surface area (Å²) in [6.45, 7) is 3.73. The lowest BCUT2D eigenvalue weighted by atomic mass is 10.3. The Labute approximate surface area is 134 Å². The van der Waals surface area contributed by atoms with Crippen molar-refractivity contribution in [3.05, 3.63) is 28.2 Å². The quantitative estimate of drug-likeness (QED) is 0.814. The third-order valence-corrected chi connectivity index (χ3v) is 3.54. The molecule has 1 rings (SSSR count). The van der Waals surface area contributed by atoms with E-state index in [2.05, 4.69) is 5.32 Å². The first kappa shape index (κ1) is 17.8. The molecule has 1 atom stereocenters. The minimum Gasteiger partial charge on any atom is -0.465 e. The number of nitrogens with zero attached hydrogens (tertiary/aromatic N) is 1. The van der Waals surface area contributed by atoms with Crippen molar-refractivity contribution in [2.75, 3.05) is 25.5 Å². The summed E-state index contributed by atoms with van der Waals surface area (Å²) in [4.78, 5) is 25.2. The fourth-order valence-corrected chi connectivity index (χ4v) is 2.09. The van der Waals surface area contributed by atoms with Crippen molar-refractivity contribution in [2.24, 2.45) is 0 Å². The molecule has 1 aromatic rings. The normalized spacial score (nSPS) is 12.1. The fourth-order valence-electron chi connectivity index (χ4n) is 1.60. The van der Waals surface area contributed by atoms with E-state index in [1.54, 1.807) is 44.0 Å².